The maximum Gasteiger partial charge on any atom is 0.253 e. The zero-order valence-electron chi connectivity index (χ0n) is 18.8. The minimum Gasteiger partial charge on any atom is -0.339 e. The van der Waals surface area contributed by atoms with Gasteiger partial charge in [-0.25, -0.2) is 0 Å². The van der Waals surface area contributed by atoms with E-state index in [1.54, 1.807) is 0 Å². The molecule has 0 saturated carbocycles. The van der Waals surface area contributed by atoms with Crippen LogP contribution in [0.2, 0.25) is 0 Å². The molecule has 0 heterocycles. The lowest BCUT2D eigenvalue weighted by atomic mass is 10.1. The van der Waals surface area contributed by atoms with E-state index in [9.17, 15) is 4.79 Å². The second kappa shape index (κ2) is 14.2. The van der Waals surface area contributed by atoms with Crippen LogP contribution in [0.4, 0.5) is 0 Å². The summed E-state index contributed by atoms with van der Waals surface area (Å²) in [4.78, 5) is 15.4. The maximum atomic E-state index is 13.2. The summed E-state index contributed by atoms with van der Waals surface area (Å²) in [7, 11) is 0. The first-order chi connectivity index (χ1) is 14.3. The molecule has 0 bridgehead atoms. The van der Waals surface area contributed by atoms with Gasteiger partial charge in [0, 0.05) is 18.7 Å². The third kappa shape index (κ3) is 8.60. The molecule has 2 aromatic rings. The van der Waals surface area contributed by atoms with Gasteiger partial charge < -0.3 is 4.90 Å². The van der Waals surface area contributed by atoms with E-state index >= 15 is 0 Å². The standard InChI is InChI=1S/C27H41NO/c1-3-5-7-9-11-15-21-28(22-16-12-10-8-6-4-2)27(29)26-20-19-24-17-13-14-18-25(24)23-26/h13-14,17-20,23H,3-12,15-16,21-22H2,1-2H3. The molecule has 0 radical (unpaired) electrons. The van der Waals surface area contributed by atoms with Gasteiger partial charge in [-0.2, -0.15) is 0 Å². The predicted molar refractivity (Wildman–Crippen MR) is 127 cm³/mol. The van der Waals surface area contributed by atoms with Crippen LogP contribution >= 0.6 is 0 Å². The van der Waals surface area contributed by atoms with Gasteiger partial charge in [0.05, 0.1) is 0 Å². The Morgan fingerprint density at radius 1 is 0.655 bits per heavy atom. The van der Waals surface area contributed by atoms with Crippen LogP contribution in [0.25, 0.3) is 10.8 Å². The molecule has 2 nitrogen and oxygen atoms in total. The first-order valence-corrected chi connectivity index (χ1v) is 12.0. The number of carbonyl (C=O) groups excluding carboxylic acids is 1. The smallest absolute Gasteiger partial charge is 0.253 e. The zero-order chi connectivity index (χ0) is 20.7. The predicted octanol–water partition coefficient (Wildman–Crippen LogP) is 8.00. The fourth-order valence-electron chi connectivity index (χ4n) is 3.99. The van der Waals surface area contributed by atoms with Crippen LogP contribution in [0.5, 0.6) is 0 Å². The quantitative estimate of drug-likeness (QED) is 0.280. The van der Waals surface area contributed by atoms with Crippen LogP contribution in [0.3, 0.4) is 0 Å². The Kier molecular flexibility index (Phi) is 11.5. The number of nitrogens with zero attached hydrogens (tertiary/aromatic N) is 1. The summed E-state index contributed by atoms with van der Waals surface area (Å²) in [6, 6.07) is 14.4. The Morgan fingerprint density at radius 2 is 1.17 bits per heavy atom. The Hall–Kier alpha value is -1.83. The highest BCUT2D eigenvalue weighted by molar-refractivity contribution is 5.98. The van der Waals surface area contributed by atoms with Crippen molar-refractivity contribution in [1.82, 2.24) is 4.90 Å². The van der Waals surface area contributed by atoms with Gasteiger partial charge in [0.1, 0.15) is 0 Å². The van der Waals surface area contributed by atoms with E-state index in [2.05, 4.69) is 43.0 Å². The van der Waals surface area contributed by atoms with Gasteiger partial charge in [-0.05, 0) is 35.7 Å². The fourth-order valence-corrected chi connectivity index (χ4v) is 3.99. The molecule has 160 valence electrons. The van der Waals surface area contributed by atoms with Gasteiger partial charge >= 0.3 is 0 Å². The van der Waals surface area contributed by atoms with E-state index in [0.717, 1.165) is 36.9 Å². The molecular weight excluding hydrogens is 354 g/mol. The third-order valence-corrected chi connectivity index (χ3v) is 5.85. The second-order valence-electron chi connectivity index (χ2n) is 8.39. The van der Waals surface area contributed by atoms with Crippen molar-refractivity contribution in [2.45, 2.75) is 90.9 Å². The molecule has 0 N–H and O–H groups in total. The van der Waals surface area contributed by atoms with E-state index in [4.69, 9.17) is 0 Å². The summed E-state index contributed by atoms with van der Waals surface area (Å²) in [5, 5.41) is 2.35. The van der Waals surface area contributed by atoms with Gasteiger partial charge in [0.15, 0.2) is 0 Å². The Morgan fingerprint density at radius 3 is 1.76 bits per heavy atom. The lowest BCUT2D eigenvalue weighted by molar-refractivity contribution is 0.0749. The van der Waals surface area contributed by atoms with E-state index in [1.165, 1.54) is 69.6 Å². The lowest BCUT2D eigenvalue weighted by Crippen LogP contribution is -2.33. The summed E-state index contributed by atoms with van der Waals surface area (Å²) in [6.45, 7) is 6.30. The average Bonchev–Trinajstić information content (AvgIpc) is 2.76. The largest absolute Gasteiger partial charge is 0.339 e. The number of unbranched alkanes of at least 4 members (excludes halogenated alkanes) is 10. The third-order valence-electron chi connectivity index (χ3n) is 5.85. The Labute approximate surface area is 178 Å². The van der Waals surface area contributed by atoms with Crippen LogP contribution in [-0.2, 0) is 0 Å². The first-order valence-electron chi connectivity index (χ1n) is 12.0. The summed E-state index contributed by atoms with van der Waals surface area (Å²) < 4.78 is 0. The van der Waals surface area contributed by atoms with Gasteiger partial charge in [0.25, 0.3) is 5.91 Å². The van der Waals surface area contributed by atoms with Gasteiger partial charge in [-0.3, -0.25) is 4.79 Å². The lowest BCUT2D eigenvalue weighted by Gasteiger charge is -2.23. The minimum atomic E-state index is 0.206. The van der Waals surface area contributed by atoms with Crippen LogP contribution < -0.4 is 0 Å². The number of benzene rings is 2. The van der Waals surface area contributed by atoms with Crippen LogP contribution in [-0.4, -0.2) is 23.9 Å². The van der Waals surface area contributed by atoms with Gasteiger partial charge in [-0.1, -0.05) is 108 Å². The van der Waals surface area contributed by atoms with Crippen molar-refractivity contribution in [3.63, 3.8) is 0 Å². The van der Waals surface area contributed by atoms with Crippen molar-refractivity contribution in [2.24, 2.45) is 0 Å². The second-order valence-corrected chi connectivity index (χ2v) is 8.39. The molecule has 1 amide bonds. The molecule has 0 aromatic heterocycles. The molecule has 29 heavy (non-hydrogen) atoms. The fraction of sp³-hybridized carbons (Fsp3) is 0.593. The average molecular weight is 396 g/mol. The molecule has 0 aliphatic carbocycles. The number of rotatable bonds is 15. The Balaban J connectivity index is 1.92. The maximum absolute atomic E-state index is 13.2. The number of carbonyl (C=O) groups is 1. The summed E-state index contributed by atoms with van der Waals surface area (Å²) >= 11 is 0. The molecule has 2 rings (SSSR count). The van der Waals surface area contributed by atoms with Crippen LogP contribution in [0, 0.1) is 0 Å². The Bertz CT molecular complexity index is 693. The number of hydrogen-bond donors (Lipinski definition) is 0. The van der Waals surface area contributed by atoms with E-state index < -0.39 is 0 Å². The molecule has 0 fully saturated rings. The van der Waals surface area contributed by atoms with Crippen molar-refractivity contribution in [1.29, 1.82) is 0 Å². The number of amides is 1. The molecule has 0 aliphatic rings. The summed E-state index contributed by atoms with van der Waals surface area (Å²) in [5.74, 6) is 0.206. The van der Waals surface area contributed by atoms with E-state index in [0.29, 0.717) is 0 Å². The minimum absolute atomic E-state index is 0.206. The zero-order valence-corrected chi connectivity index (χ0v) is 18.8. The molecule has 2 heteroatoms. The van der Waals surface area contributed by atoms with E-state index in [-0.39, 0.29) is 5.91 Å². The van der Waals surface area contributed by atoms with E-state index in [1.807, 2.05) is 18.2 Å². The van der Waals surface area contributed by atoms with Crippen LogP contribution in [0.1, 0.15) is 101 Å². The molecule has 0 spiro atoms. The molecule has 2 aromatic carbocycles. The highest BCUT2D eigenvalue weighted by Crippen LogP contribution is 2.18. The summed E-state index contributed by atoms with van der Waals surface area (Å²) in [5.41, 5.74) is 0.834. The van der Waals surface area contributed by atoms with Crippen molar-refractivity contribution in [2.75, 3.05) is 13.1 Å². The van der Waals surface area contributed by atoms with Crippen molar-refractivity contribution >= 4 is 16.7 Å². The molecule has 0 saturated heterocycles. The highest BCUT2D eigenvalue weighted by Gasteiger charge is 2.15. The van der Waals surface area contributed by atoms with Gasteiger partial charge in [0.2, 0.25) is 0 Å². The normalized spacial score (nSPS) is 11.1. The number of fused-ring (bicyclic) bond motifs is 1. The first kappa shape index (κ1) is 23.4. The summed E-state index contributed by atoms with van der Waals surface area (Å²) in [6.07, 6.45) is 15.2. The van der Waals surface area contributed by atoms with Gasteiger partial charge in [-0.15, -0.1) is 0 Å². The van der Waals surface area contributed by atoms with Crippen molar-refractivity contribution in [3.05, 3.63) is 48.0 Å². The number of hydrogen-bond acceptors (Lipinski definition) is 1. The molecular formula is C27H41NO. The van der Waals surface area contributed by atoms with Crippen molar-refractivity contribution in [3.8, 4) is 0 Å². The highest BCUT2D eigenvalue weighted by atomic mass is 16.2. The molecule has 0 aliphatic heterocycles. The van der Waals surface area contributed by atoms with Crippen LogP contribution in [0.15, 0.2) is 42.5 Å². The topological polar surface area (TPSA) is 20.3 Å². The molecule has 0 atom stereocenters. The van der Waals surface area contributed by atoms with Crippen molar-refractivity contribution < 1.29 is 4.79 Å². The molecule has 0 unspecified atom stereocenters. The monoisotopic (exact) mass is 395 g/mol. The SMILES string of the molecule is CCCCCCCCN(CCCCCCCC)C(=O)c1ccc2ccccc2c1.